The van der Waals surface area contributed by atoms with E-state index >= 15 is 0 Å². The van der Waals surface area contributed by atoms with Crippen molar-refractivity contribution in [3.05, 3.63) is 33.4 Å². The zero-order chi connectivity index (χ0) is 14.4. The molecule has 1 aromatic carbocycles. The van der Waals surface area contributed by atoms with E-state index in [9.17, 15) is 0 Å². The lowest BCUT2D eigenvalue weighted by Crippen LogP contribution is -2.54. The van der Waals surface area contributed by atoms with Crippen molar-refractivity contribution >= 4 is 22.6 Å². The summed E-state index contributed by atoms with van der Waals surface area (Å²) in [6.45, 7) is 3.19. The van der Waals surface area contributed by atoms with Crippen molar-refractivity contribution in [2.24, 2.45) is 0 Å². The molecule has 0 heterocycles. The second-order valence-corrected chi connectivity index (χ2v) is 7.02. The van der Waals surface area contributed by atoms with Gasteiger partial charge in [-0.1, -0.05) is 38.3 Å². The van der Waals surface area contributed by atoms with E-state index in [1.54, 1.807) is 0 Å². The van der Waals surface area contributed by atoms with Crippen molar-refractivity contribution in [2.45, 2.75) is 57.1 Å². The smallest absolute Gasteiger partial charge is 0.0834 e. The van der Waals surface area contributed by atoms with Crippen LogP contribution in [0.1, 0.15) is 44.6 Å². The molecular formula is C17H26INO. The third kappa shape index (κ3) is 3.95. The lowest BCUT2D eigenvalue weighted by Gasteiger charge is -2.43. The highest BCUT2D eigenvalue weighted by Crippen LogP contribution is 2.35. The SMILES string of the molecule is CCNC(Cc1ccc(I)cc1)C1(OC)CCCCC1. The molecule has 112 valence electrons. The normalized spacial score (nSPS) is 19.8. The number of hydrogen-bond acceptors (Lipinski definition) is 2. The molecule has 0 bridgehead atoms. The molecule has 20 heavy (non-hydrogen) atoms. The number of rotatable bonds is 6. The Morgan fingerprint density at radius 3 is 2.40 bits per heavy atom. The predicted octanol–water partition coefficient (Wildman–Crippen LogP) is 4.16. The molecular weight excluding hydrogens is 361 g/mol. The number of methoxy groups -OCH3 is 1. The van der Waals surface area contributed by atoms with Gasteiger partial charge in [-0.2, -0.15) is 0 Å². The minimum Gasteiger partial charge on any atom is -0.377 e. The van der Waals surface area contributed by atoms with Crippen LogP contribution in [0.5, 0.6) is 0 Å². The molecule has 1 atom stereocenters. The third-order valence-electron chi connectivity index (χ3n) is 4.55. The molecule has 0 radical (unpaired) electrons. The Morgan fingerprint density at radius 2 is 1.85 bits per heavy atom. The Kier molecular flexibility index (Phi) is 6.30. The molecule has 0 saturated heterocycles. The molecule has 1 unspecified atom stereocenters. The van der Waals surface area contributed by atoms with Crippen LogP contribution < -0.4 is 5.32 Å². The highest BCUT2D eigenvalue weighted by Gasteiger charge is 2.39. The Labute approximate surface area is 136 Å². The first kappa shape index (κ1) is 16.2. The number of likely N-dealkylation sites (N-methyl/N-ethyl adjacent to an activating group) is 1. The van der Waals surface area contributed by atoms with Crippen LogP contribution in [0.2, 0.25) is 0 Å². The summed E-state index contributed by atoms with van der Waals surface area (Å²) >= 11 is 2.36. The number of hydrogen-bond donors (Lipinski definition) is 1. The maximum Gasteiger partial charge on any atom is 0.0834 e. The van der Waals surface area contributed by atoms with Crippen molar-refractivity contribution < 1.29 is 4.74 Å². The largest absolute Gasteiger partial charge is 0.377 e. The van der Waals surface area contributed by atoms with Crippen LogP contribution in [-0.4, -0.2) is 25.3 Å². The summed E-state index contributed by atoms with van der Waals surface area (Å²) < 4.78 is 7.32. The fourth-order valence-electron chi connectivity index (χ4n) is 3.39. The van der Waals surface area contributed by atoms with Crippen LogP contribution in [-0.2, 0) is 11.2 Å². The summed E-state index contributed by atoms with van der Waals surface area (Å²) in [5.74, 6) is 0. The number of halogens is 1. The summed E-state index contributed by atoms with van der Waals surface area (Å²) in [4.78, 5) is 0. The van der Waals surface area contributed by atoms with Gasteiger partial charge >= 0.3 is 0 Å². The molecule has 1 fully saturated rings. The minimum absolute atomic E-state index is 0.0251. The molecule has 1 saturated carbocycles. The summed E-state index contributed by atoms with van der Waals surface area (Å²) in [5.41, 5.74) is 1.43. The third-order valence-corrected chi connectivity index (χ3v) is 5.26. The fraction of sp³-hybridized carbons (Fsp3) is 0.647. The first-order chi connectivity index (χ1) is 9.70. The van der Waals surface area contributed by atoms with Gasteiger partial charge in [0, 0.05) is 16.7 Å². The van der Waals surface area contributed by atoms with Crippen molar-refractivity contribution in [3.8, 4) is 0 Å². The molecule has 1 aliphatic rings. The summed E-state index contributed by atoms with van der Waals surface area (Å²) in [6.07, 6.45) is 7.37. The number of benzene rings is 1. The van der Waals surface area contributed by atoms with Gasteiger partial charge in [0.25, 0.3) is 0 Å². The van der Waals surface area contributed by atoms with Crippen LogP contribution >= 0.6 is 22.6 Å². The number of nitrogens with one attached hydrogen (secondary N) is 1. The Balaban J connectivity index is 2.14. The van der Waals surface area contributed by atoms with Crippen LogP contribution in [0.25, 0.3) is 0 Å². The van der Waals surface area contributed by atoms with Crippen LogP contribution in [0.15, 0.2) is 24.3 Å². The van der Waals surface area contributed by atoms with E-state index in [1.807, 2.05) is 7.11 Å². The standard InChI is InChI=1S/C17H26INO/c1-3-19-16(13-14-7-9-15(18)10-8-14)17(20-2)11-5-4-6-12-17/h7-10,16,19H,3-6,11-13H2,1-2H3. The van der Waals surface area contributed by atoms with Gasteiger partial charge < -0.3 is 10.1 Å². The molecule has 0 aromatic heterocycles. The molecule has 0 spiro atoms. The van der Waals surface area contributed by atoms with Crippen molar-refractivity contribution in [2.75, 3.05) is 13.7 Å². The van der Waals surface area contributed by atoms with E-state index < -0.39 is 0 Å². The van der Waals surface area contributed by atoms with E-state index in [-0.39, 0.29) is 5.60 Å². The Morgan fingerprint density at radius 1 is 1.20 bits per heavy atom. The molecule has 1 aromatic rings. The van der Waals surface area contributed by atoms with Crippen LogP contribution in [0.4, 0.5) is 0 Å². The van der Waals surface area contributed by atoms with Gasteiger partial charge in [-0.15, -0.1) is 0 Å². The molecule has 2 nitrogen and oxygen atoms in total. The van der Waals surface area contributed by atoms with Gasteiger partial charge in [0.1, 0.15) is 0 Å². The minimum atomic E-state index is 0.0251. The lowest BCUT2D eigenvalue weighted by atomic mass is 9.77. The first-order valence-electron chi connectivity index (χ1n) is 7.73. The van der Waals surface area contributed by atoms with Gasteiger partial charge in [-0.25, -0.2) is 0 Å². The van der Waals surface area contributed by atoms with Gasteiger partial charge in [0.2, 0.25) is 0 Å². The molecule has 1 aliphatic carbocycles. The fourth-order valence-corrected chi connectivity index (χ4v) is 3.75. The highest BCUT2D eigenvalue weighted by molar-refractivity contribution is 14.1. The van der Waals surface area contributed by atoms with Crippen molar-refractivity contribution in [1.82, 2.24) is 5.32 Å². The average Bonchev–Trinajstić information content (AvgIpc) is 2.49. The summed E-state index contributed by atoms with van der Waals surface area (Å²) in [5, 5.41) is 3.68. The Hall–Kier alpha value is -0.130. The van der Waals surface area contributed by atoms with Gasteiger partial charge in [0.05, 0.1) is 5.60 Å². The first-order valence-corrected chi connectivity index (χ1v) is 8.81. The topological polar surface area (TPSA) is 21.3 Å². The van der Waals surface area contributed by atoms with Crippen LogP contribution in [0, 0.1) is 3.57 Å². The van der Waals surface area contributed by atoms with Crippen molar-refractivity contribution in [3.63, 3.8) is 0 Å². The van der Waals surface area contributed by atoms with E-state index in [0.717, 1.165) is 13.0 Å². The van der Waals surface area contributed by atoms with Gasteiger partial charge in [-0.05, 0) is 66.1 Å². The lowest BCUT2D eigenvalue weighted by molar-refractivity contribution is -0.0669. The quantitative estimate of drug-likeness (QED) is 0.741. The zero-order valence-corrected chi connectivity index (χ0v) is 14.8. The van der Waals surface area contributed by atoms with Crippen LogP contribution in [0.3, 0.4) is 0 Å². The molecule has 2 rings (SSSR count). The molecule has 0 aliphatic heterocycles. The summed E-state index contributed by atoms with van der Waals surface area (Å²) in [7, 11) is 1.89. The maximum absolute atomic E-state index is 6.03. The highest BCUT2D eigenvalue weighted by atomic mass is 127. The van der Waals surface area contributed by atoms with E-state index in [0.29, 0.717) is 6.04 Å². The average molecular weight is 387 g/mol. The molecule has 0 amide bonds. The predicted molar refractivity (Wildman–Crippen MR) is 93.2 cm³/mol. The molecule has 1 N–H and O–H groups in total. The second kappa shape index (κ2) is 7.76. The van der Waals surface area contributed by atoms with Gasteiger partial charge in [-0.3, -0.25) is 0 Å². The molecule has 3 heteroatoms. The van der Waals surface area contributed by atoms with Crippen molar-refractivity contribution in [1.29, 1.82) is 0 Å². The number of ether oxygens (including phenoxy) is 1. The van der Waals surface area contributed by atoms with E-state index in [2.05, 4.69) is 59.1 Å². The monoisotopic (exact) mass is 387 g/mol. The second-order valence-electron chi connectivity index (χ2n) is 5.77. The van der Waals surface area contributed by atoms with E-state index in [1.165, 1.54) is 41.2 Å². The van der Waals surface area contributed by atoms with Gasteiger partial charge in [0.15, 0.2) is 0 Å². The Bertz CT molecular complexity index is 398. The van der Waals surface area contributed by atoms with E-state index in [4.69, 9.17) is 4.74 Å². The zero-order valence-electron chi connectivity index (χ0n) is 12.6. The maximum atomic E-state index is 6.03. The summed E-state index contributed by atoms with van der Waals surface area (Å²) in [6, 6.07) is 9.30.